The Balaban J connectivity index is 2.39. The lowest BCUT2D eigenvalue weighted by molar-refractivity contribution is 0.199. The Labute approximate surface area is 122 Å². The summed E-state index contributed by atoms with van der Waals surface area (Å²) >= 11 is 3.60. The van der Waals surface area contributed by atoms with Crippen LogP contribution in [0.1, 0.15) is 25.5 Å². The van der Waals surface area contributed by atoms with Crippen LogP contribution in [0.3, 0.4) is 0 Å². The van der Waals surface area contributed by atoms with Crippen LogP contribution in [0.25, 0.3) is 0 Å². The van der Waals surface area contributed by atoms with E-state index in [4.69, 9.17) is 0 Å². The van der Waals surface area contributed by atoms with Gasteiger partial charge in [-0.05, 0) is 59.6 Å². The summed E-state index contributed by atoms with van der Waals surface area (Å²) in [6.45, 7) is 4.79. The van der Waals surface area contributed by atoms with E-state index in [-0.39, 0.29) is 0 Å². The van der Waals surface area contributed by atoms with Crippen LogP contribution in [0.2, 0.25) is 0 Å². The summed E-state index contributed by atoms with van der Waals surface area (Å²) < 4.78 is 0.997. The monoisotopic (exact) mass is 319 g/mol. The van der Waals surface area contributed by atoms with Crippen LogP contribution in [0.4, 0.5) is 11.4 Å². The van der Waals surface area contributed by atoms with Crippen LogP contribution in [-0.2, 0) is 0 Å². The molecule has 1 atom stereocenters. The third kappa shape index (κ3) is 3.17. The minimum atomic E-state index is -0.447. The molecule has 100 valence electrons. The summed E-state index contributed by atoms with van der Waals surface area (Å²) in [6.07, 6.45) is -0.447. The number of nitrogens with zero attached hydrogens (tertiary/aromatic N) is 1. The number of hydrogen-bond donors (Lipinski definition) is 1. The first kappa shape index (κ1) is 14.1. The standard InChI is InChI=1S/C16H18BrNO/c1-3-18(14-7-5-4-6-8-14)16-10-9-13(12(2)19)11-15(16)17/h4-12,19H,3H2,1-2H3/t12-/m1/s1. The molecular weight excluding hydrogens is 302 g/mol. The van der Waals surface area contributed by atoms with E-state index < -0.39 is 6.10 Å². The highest BCUT2D eigenvalue weighted by atomic mass is 79.9. The maximum Gasteiger partial charge on any atom is 0.0762 e. The molecule has 0 spiro atoms. The summed E-state index contributed by atoms with van der Waals surface area (Å²) in [5, 5.41) is 9.62. The molecule has 2 nitrogen and oxygen atoms in total. The fourth-order valence-corrected chi connectivity index (χ4v) is 2.71. The molecule has 0 heterocycles. The van der Waals surface area contributed by atoms with E-state index in [9.17, 15) is 5.11 Å². The Hall–Kier alpha value is -1.32. The number of halogens is 1. The molecule has 0 saturated carbocycles. The van der Waals surface area contributed by atoms with Gasteiger partial charge in [0.25, 0.3) is 0 Å². The van der Waals surface area contributed by atoms with Gasteiger partial charge >= 0.3 is 0 Å². The molecule has 2 aromatic carbocycles. The molecule has 0 aliphatic rings. The van der Waals surface area contributed by atoms with Crippen molar-refractivity contribution >= 4 is 27.3 Å². The van der Waals surface area contributed by atoms with Crippen LogP contribution < -0.4 is 4.90 Å². The molecule has 3 heteroatoms. The second kappa shape index (κ2) is 6.22. The van der Waals surface area contributed by atoms with Gasteiger partial charge in [-0.1, -0.05) is 24.3 Å². The highest BCUT2D eigenvalue weighted by molar-refractivity contribution is 9.10. The maximum absolute atomic E-state index is 9.62. The van der Waals surface area contributed by atoms with Crippen LogP contribution >= 0.6 is 15.9 Å². The largest absolute Gasteiger partial charge is 0.389 e. The maximum atomic E-state index is 9.62. The normalized spacial score (nSPS) is 12.2. The Kier molecular flexibility index (Phi) is 4.61. The van der Waals surface area contributed by atoms with Gasteiger partial charge in [-0.3, -0.25) is 0 Å². The minimum Gasteiger partial charge on any atom is -0.389 e. The number of aliphatic hydroxyl groups is 1. The van der Waals surface area contributed by atoms with Gasteiger partial charge in [-0.15, -0.1) is 0 Å². The number of aliphatic hydroxyl groups excluding tert-OH is 1. The first-order valence-electron chi connectivity index (χ1n) is 6.43. The third-order valence-electron chi connectivity index (χ3n) is 3.13. The molecule has 0 unspecified atom stereocenters. The molecule has 2 rings (SSSR count). The third-order valence-corrected chi connectivity index (χ3v) is 3.76. The van der Waals surface area contributed by atoms with Crippen molar-refractivity contribution in [3.63, 3.8) is 0 Å². The smallest absolute Gasteiger partial charge is 0.0762 e. The van der Waals surface area contributed by atoms with Crippen molar-refractivity contribution in [1.82, 2.24) is 0 Å². The van der Waals surface area contributed by atoms with Gasteiger partial charge in [0.05, 0.1) is 11.8 Å². The van der Waals surface area contributed by atoms with Crippen molar-refractivity contribution in [3.05, 3.63) is 58.6 Å². The molecular formula is C16H18BrNO. The Bertz CT molecular complexity index is 540. The highest BCUT2D eigenvalue weighted by Crippen LogP contribution is 2.33. The zero-order valence-corrected chi connectivity index (χ0v) is 12.8. The van der Waals surface area contributed by atoms with Gasteiger partial charge in [-0.2, -0.15) is 0 Å². The lowest BCUT2D eigenvalue weighted by atomic mass is 10.1. The second-order valence-electron chi connectivity index (χ2n) is 4.47. The van der Waals surface area contributed by atoms with Gasteiger partial charge in [0, 0.05) is 16.7 Å². The average molecular weight is 320 g/mol. The molecule has 0 aliphatic heterocycles. The summed E-state index contributed by atoms with van der Waals surface area (Å²) in [6, 6.07) is 16.3. The van der Waals surface area contributed by atoms with Crippen LogP contribution in [0.5, 0.6) is 0 Å². The number of hydrogen-bond acceptors (Lipinski definition) is 2. The molecule has 1 N–H and O–H groups in total. The minimum absolute atomic E-state index is 0.447. The topological polar surface area (TPSA) is 23.5 Å². The first-order chi connectivity index (χ1) is 9.13. The van der Waals surface area contributed by atoms with Crippen molar-refractivity contribution in [2.45, 2.75) is 20.0 Å². The Morgan fingerprint density at radius 3 is 2.37 bits per heavy atom. The van der Waals surface area contributed by atoms with Crippen LogP contribution in [0, 0.1) is 0 Å². The van der Waals surface area contributed by atoms with E-state index >= 15 is 0 Å². The number of benzene rings is 2. The molecule has 0 aliphatic carbocycles. The number of para-hydroxylation sites is 1. The first-order valence-corrected chi connectivity index (χ1v) is 7.23. The molecule has 0 fully saturated rings. The van der Waals surface area contributed by atoms with Crippen LogP contribution in [0.15, 0.2) is 53.0 Å². The van der Waals surface area contributed by atoms with E-state index in [0.717, 1.165) is 28.0 Å². The summed E-state index contributed by atoms with van der Waals surface area (Å²) in [4.78, 5) is 2.23. The van der Waals surface area contributed by atoms with E-state index in [0.29, 0.717) is 0 Å². The van der Waals surface area contributed by atoms with Gasteiger partial charge in [0.2, 0.25) is 0 Å². The lowest BCUT2D eigenvalue weighted by Gasteiger charge is -2.25. The molecule has 0 radical (unpaired) electrons. The molecule has 0 aromatic heterocycles. The summed E-state index contributed by atoms with van der Waals surface area (Å²) in [5.41, 5.74) is 3.19. The predicted octanol–water partition coefficient (Wildman–Crippen LogP) is 4.66. The van der Waals surface area contributed by atoms with Crippen molar-refractivity contribution in [1.29, 1.82) is 0 Å². The molecule has 0 amide bonds. The van der Waals surface area contributed by atoms with E-state index in [1.165, 1.54) is 0 Å². The summed E-state index contributed by atoms with van der Waals surface area (Å²) in [5.74, 6) is 0. The zero-order chi connectivity index (χ0) is 13.8. The Morgan fingerprint density at radius 1 is 1.16 bits per heavy atom. The van der Waals surface area contributed by atoms with Crippen molar-refractivity contribution in [2.24, 2.45) is 0 Å². The molecule has 0 bridgehead atoms. The summed E-state index contributed by atoms with van der Waals surface area (Å²) in [7, 11) is 0. The van der Waals surface area contributed by atoms with Gasteiger partial charge in [0.15, 0.2) is 0 Å². The van der Waals surface area contributed by atoms with E-state index in [1.54, 1.807) is 6.92 Å². The fourth-order valence-electron chi connectivity index (χ4n) is 2.10. The lowest BCUT2D eigenvalue weighted by Crippen LogP contribution is -2.16. The van der Waals surface area contributed by atoms with E-state index in [1.807, 2.05) is 36.4 Å². The molecule has 0 saturated heterocycles. The van der Waals surface area contributed by atoms with Gasteiger partial charge in [-0.25, -0.2) is 0 Å². The highest BCUT2D eigenvalue weighted by Gasteiger charge is 2.12. The average Bonchev–Trinajstić information content (AvgIpc) is 2.42. The number of anilines is 2. The predicted molar refractivity (Wildman–Crippen MR) is 83.9 cm³/mol. The zero-order valence-electron chi connectivity index (χ0n) is 11.2. The Morgan fingerprint density at radius 2 is 1.84 bits per heavy atom. The molecule has 2 aromatic rings. The molecule has 19 heavy (non-hydrogen) atoms. The van der Waals surface area contributed by atoms with Crippen LogP contribution in [-0.4, -0.2) is 11.7 Å². The van der Waals surface area contributed by atoms with Crippen molar-refractivity contribution in [3.8, 4) is 0 Å². The van der Waals surface area contributed by atoms with Crippen molar-refractivity contribution in [2.75, 3.05) is 11.4 Å². The van der Waals surface area contributed by atoms with Gasteiger partial charge < -0.3 is 10.0 Å². The van der Waals surface area contributed by atoms with Gasteiger partial charge in [0.1, 0.15) is 0 Å². The second-order valence-corrected chi connectivity index (χ2v) is 5.32. The quantitative estimate of drug-likeness (QED) is 0.885. The van der Waals surface area contributed by atoms with E-state index in [2.05, 4.69) is 39.9 Å². The van der Waals surface area contributed by atoms with Crippen molar-refractivity contribution < 1.29 is 5.11 Å². The fraction of sp³-hybridized carbons (Fsp3) is 0.250. The SMILES string of the molecule is CCN(c1ccccc1)c1ccc([C@@H](C)O)cc1Br. The number of rotatable bonds is 4.